The van der Waals surface area contributed by atoms with Crippen LogP contribution in [-0.4, -0.2) is 72.5 Å². The summed E-state index contributed by atoms with van der Waals surface area (Å²) < 4.78 is 11.2. The van der Waals surface area contributed by atoms with Gasteiger partial charge in [0.15, 0.2) is 0 Å². The Morgan fingerprint density at radius 1 is 1.32 bits per heavy atom. The maximum absolute atomic E-state index is 9.13. The molecule has 138 valence electrons. The fraction of sp³-hybridized carbons (Fsp3) is 0.944. The Morgan fingerprint density at radius 2 is 2.08 bits per heavy atom. The van der Waals surface area contributed by atoms with Gasteiger partial charge < -0.3 is 9.47 Å². The van der Waals surface area contributed by atoms with Crippen molar-refractivity contribution in [2.45, 2.75) is 61.0 Å². The SMILES string of the molecule is CC1(NC2NCC3OC(C#N)CC3C2Br)CC(N2CC3(COC3)C2)C1. The van der Waals surface area contributed by atoms with Crippen LogP contribution >= 0.6 is 15.9 Å². The molecule has 25 heavy (non-hydrogen) atoms. The predicted octanol–water partition coefficient (Wildman–Crippen LogP) is 0.819. The molecule has 0 aromatic carbocycles. The first-order chi connectivity index (χ1) is 12.0. The minimum atomic E-state index is -0.242. The van der Waals surface area contributed by atoms with Crippen LogP contribution in [-0.2, 0) is 9.47 Å². The molecule has 0 amide bonds. The largest absolute Gasteiger partial charge is 0.380 e. The van der Waals surface area contributed by atoms with Crippen molar-refractivity contribution in [2.24, 2.45) is 11.3 Å². The number of hydrogen-bond acceptors (Lipinski definition) is 6. The Bertz CT molecular complexity index is 578. The van der Waals surface area contributed by atoms with Crippen LogP contribution in [0.3, 0.4) is 0 Å². The Labute approximate surface area is 157 Å². The van der Waals surface area contributed by atoms with Crippen LogP contribution in [0.5, 0.6) is 0 Å². The second kappa shape index (κ2) is 5.88. The highest BCUT2D eigenvalue weighted by molar-refractivity contribution is 9.09. The normalized spacial score (nSPS) is 51.1. The molecule has 1 aliphatic carbocycles. The number of piperidine rings is 1. The van der Waals surface area contributed by atoms with E-state index in [0.29, 0.717) is 16.2 Å². The van der Waals surface area contributed by atoms with Gasteiger partial charge in [0.1, 0.15) is 6.10 Å². The van der Waals surface area contributed by atoms with Gasteiger partial charge in [-0.15, -0.1) is 0 Å². The van der Waals surface area contributed by atoms with Crippen LogP contribution in [0.15, 0.2) is 0 Å². The van der Waals surface area contributed by atoms with Gasteiger partial charge in [-0.2, -0.15) is 5.26 Å². The fourth-order valence-corrected chi connectivity index (χ4v) is 6.37. The van der Waals surface area contributed by atoms with E-state index in [9.17, 15) is 0 Å². The lowest BCUT2D eigenvalue weighted by molar-refractivity contribution is -0.209. The quantitative estimate of drug-likeness (QED) is 0.671. The third kappa shape index (κ3) is 2.77. The first-order valence-electron chi connectivity index (χ1n) is 9.51. The Morgan fingerprint density at radius 3 is 2.72 bits per heavy atom. The lowest BCUT2D eigenvalue weighted by Crippen LogP contribution is -2.74. The number of fused-ring (bicyclic) bond motifs is 1. The summed E-state index contributed by atoms with van der Waals surface area (Å²) in [5.74, 6) is 0.414. The summed E-state index contributed by atoms with van der Waals surface area (Å²) in [4.78, 5) is 2.95. The molecule has 5 aliphatic rings. The van der Waals surface area contributed by atoms with Crippen molar-refractivity contribution in [3.8, 4) is 6.07 Å². The van der Waals surface area contributed by atoms with Gasteiger partial charge in [-0.3, -0.25) is 15.5 Å². The van der Waals surface area contributed by atoms with Crippen molar-refractivity contribution >= 4 is 15.9 Å². The van der Waals surface area contributed by atoms with E-state index in [1.807, 2.05) is 0 Å². The molecule has 4 aliphatic heterocycles. The molecule has 0 aromatic heterocycles. The molecule has 7 heteroatoms. The van der Waals surface area contributed by atoms with Crippen molar-refractivity contribution in [2.75, 3.05) is 32.8 Å². The maximum Gasteiger partial charge on any atom is 0.144 e. The van der Waals surface area contributed by atoms with Crippen LogP contribution in [0.2, 0.25) is 0 Å². The third-order valence-electron chi connectivity index (χ3n) is 7.00. The Kier molecular flexibility index (Phi) is 3.98. The van der Waals surface area contributed by atoms with E-state index >= 15 is 0 Å². The van der Waals surface area contributed by atoms with Gasteiger partial charge in [-0.05, 0) is 26.2 Å². The van der Waals surface area contributed by atoms with Gasteiger partial charge >= 0.3 is 0 Å². The molecule has 1 saturated carbocycles. The van der Waals surface area contributed by atoms with E-state index in [1.54, 1.807) is 0 Å². The van der Waals surface area contributed by atoms with Gasteiger partial charge in [-0.25, -0.2) is 0 Å². The van der Waals surface area contributed by atoms with Crippen LogP contribution in [0, 0.1) is 22.7 Å². The first kappa shape index (κ1) is 16.9. The number of alkyl halides is 1. The molecular weight excluding hydrogens is 384 g/mol. The molecule has 0 radical (unpaired) electrons. The minimum Gasteiger partial charge on any atom is -0.380 e. The lowest BCUT2D eigenvalue weighted by atomic mass is 9.68. The molecule has 2 N–H and O–H groups in total. The molecule has 0 bridgehead atoms. The Hall–Kier alpha value is -0.230. The molecule has 5 atom stereocenters. The number of nitriles is 1. The van der Waals surface area contributed by atoms with Crippen molar-refractivity contribution in [3.05, 3.63) is 0 Å². The van der Waals surface area contributed by atoms with Crippen molar-refractivity contribution in [1.29, 1.82) is 5.26 Å². The predicted molar refractivity (Wildman–Crippen MR) is 96.3 cm³/mol. The van der Waals surface area contributed by atoms with E-state index in [0.717, 1.165) is 32.2 Å². The summed E-state index contributed by atoms with van der Waals surface area (Å²) in [6.07, 6.45) is 3.44. The minimum absolute atomic E-state index is 0.163. The van der Waals surface area contributed by atoms with Crippen LogP contribution in [0.4, 0.5) is 0 Å². The highest BCUT2D eigenvalue weighted by Gasteiger charge is 2.55. The average molecular weight is 411 g/mol. The highest BCUT2D eigenvalue weighted by Crippen LogP contribution is 2.46. The van der Waals surface area contributed by atoms with E-state index in [1.165, 1.54) is 25.9 Å². The number of ether oxygens (including phenoxy) is 2. The second-order valence-electron chi connectivity index (χ2n) is 9.19. The zero-order valence-corrected chi connectivity index (χ0v) is 16.3. The number of nitrogens with zero attached hydrogens (tertiary/aromatic N) is 2. The Balaban J connectivity index is 1.13. The molecular formula is C18H27BrN4O2. The van der Waals surface area contributed by atoms with Gasteiger partial charge in [0.25, 0.3) is 0 Å². The summed E-state index contributed by atoms with van der Waals surface area (Å²) in [5.41, 5.74) is 0.716. The standard InChI is InChI=1S/C18H27BrN4O2/c1-17(3-11(4-17)23-7-18(8-23)9-24-10-18)22-16-15(19)13-2-12(5-20)25-14(13)6-21-16/h11-16,21-22H,2-4,6-10H2,1H3. The number of hydrogen-bond donors (Lipinski definition) is 2. The average Bonchev–Trinajstić information content (AvgIpc) is 2.90. The summed E-state index contributed by atoms with van der Waals surface area (Å²) in [5, 5.41) is 16.6. The van der Waals surface area contributed by atoms with Crippen LogP contribution < -0.4 is 10.6 Å². The summed E-state index contributed by atoms with van der Waals surface area (Å²) in [6, 6.07) is 3.00. The molecule has 4 saturated heterocycles. The number of likely N-dealkylation sites (tertiary alicyclic amines) is 1. The third-order valence-corrected chi connectivity index (χ3v) is 8.21. The van der Waals surface area contributed by atoms with Crippen molar-refractivity contribution < 1.29 is 9.47 Å². The van der Waals surface area contributed by atoms with Gasteiger partial charge in [0.2, 0.25) is 0 Å². The second-order valence-corrected chi connectivity index (χ2v) is 10.2. The molecule has 5 fully saturated rings. The van der Waals surface area contributed by atoms with Gasteiger partial charge in [0, 0.05) is 47.4 Å². The summed E-state index contributed by atoms with van der Waals surface area (Å²) in [7, 11) is 0. The zero-order valence-electron chi connectivity index (χ0n) is 14.7. The summed E-state index contributed by atoms with van der Waals surface area (Å²) in [6.45, 7) is 7.58. The van der Waals surface area contributed by atoms with Crippen LogP contribution in [0.1, 0.15) is 26.2 Å². The molecule has 5 unspecified atom stereocenters. The zero-order chi connectivity index (χ0) is 17.2. The van der Waals surface area contributed by atoms with E-state index < -0.39 is 0 Å². The lowest BCUT2D eigenvalue weighted by Gasteiger charge is -2.62. The topological polar surface area (TPSA) is 69.5 Å². The number of halogens is 1. The molecule has 5 rings (SSSR count). The van der Waals surface area contributed by atoms with E-state index in [-0.39, 0.29) is 23.9 Å². The molecule has 4 heterocycles. The first-order valence-corrected chi connectivity index (χ1v) is 10.4. The monoisotopic (exact) mass is 410 g/mol. The molecule has 1 spiro atoms. The van der Waals surface area contributed by atoms with Gasteiger partial charge in [-0.1, -0.05) is 15.9 Å². The van der Waals surface area contributed by atoms with Crippen molar-refractivity contribution in [1.82, 2.24) is 15.5 Å². The number of rotatable bonds is 3. The smallest absolute Gasteiger partial charge is 0.144 e. The summed E-state index contributed by atoms with van der Waals surface area (Å²) >= 11 is 3.89. The number of nitrogens with one attached hydrogen (secondary N) is 2. The van der Waals surface area contributed by atoms with E-state index in [4.69, 9.17) is 14.7 Å². The van der Waals surface area contributed by atoms with Crippen molar-refractivity contribution in [3.63, 3.8) is 0 Å². The molecule has 6 nitrogen and oxygen atoms in total. The maximum atomic E-state index is 9.13. The van der Waals surface area contributed by atoms with E-state index in [2.05, 4.69) is 44.5 Å². The highest BCUT2D eigenvalue weighted by atomic mass is 79.9. The van der Waals surface area contributed by atoms with Gasteiger partial charge in [0.05, 0.1) is 31.6 Å². The fourth-order valence-electron chi connectivity index (χ4n) is 5.50. The molecule has 0 aromatic rings. The van der Waals surface area contributed by atoms with Crippen LogP contribution in [0.25, 0.3) is 0 Å².